The van der Waals surface area contributed by atoms with Crippen LogP contribution in [0.5, 0.6) is 0 Å². The van der Waals surface area contributed by atoms with Crippen LogP contribution < -0.4 is 0 Å². The Morgan fingerprint density at radius 1 is 1.50 bits per heavy atom. The number of hydrogen-bond donors (Lipinski definition) is 0. The number of nitrogens with zero attached hydrogens (tertiary/aromatic N) is 2. The third kappa shape index (κ3) is 2.68. The van der Waals surface area contributed by atoms with Gasteiger partial charge in [0.1, 0.15) is 10.0 Å². The third-order valence-corrected chi connectivity index (χ3v) is 5.15. The van der Waals surface area contributed by atoms with Crippen LogP contribution >= 0.6 is 22.3 Å². The van der Waals surface area contributed by atoms with E-state index in [1.807, 2.05) is 13.8 Å². The molecule has 18 heavy (non-hydrogen) atoms. The van der Waals surface area contributed by atoms with Gasteiger partial charge in [0.2, 0.25) is 0 Å². The van der Waals surface area contributed by atoms with Gasteiger partial charge in [-0.3, -0.25) is 0 Å². The molecule has 1 unspecified atom stereocenters. The summed E-state index contributed by atoms with van der Waals surface area (Å²) in [7, 11) is 1.61. The minimum absolute atomic E-state index is 0.0137. The lowest BCUT2D eigenvalue weighted by molar-refractivity contribution is 0.437. The van der Waals surface area contributed by atoms with Crippen LogP contribution in [0.4, 0.5) is 0 Å². The smallest absolute Gasteiger partial charge is 0.249 e. The topological polar surface area (TPSA) is 52.0 Å². The fraction of sp³-hybridized carbons (Fsp3) is 0.727. The first-order valence-electron chi connectivity index (χ1n) is 6.07. The molecule has 1 saturated carbocycles. The van der Waals surface area contributed by atoms with E-state index in [4.69, 9.17) is 22.3 Å². The third-order valence-electron chi connectivity index (χ3n) is 3.30. The van der Waals surface area contributed by atoms with Crippen LogP contribution in [0.25, 0.3) is 0 Å². The van der Waals surface area contributed by atoms with E-state index in [0.29, 0.717) is 18.0 Å². The molecule has 2 rings (SSSR count). The summed E-state index contributed by atoms with van der Waals surface area (Å²) >= 11 is 6.15. The van der Waals surface area contributed by atoms with Gasteiger partial charge in [0.25, 0.3) is 9.05 Å². The van der Waals surface area contributed by atoms with Crippen molar-refractivity contribution in [2.24, 2.45) is 5.92 Å². The van der Waals surface area contributed by atoms with Crippen molar-refractivity contribution in [1.82, 2.24) is 9.78 Å². The van der Waals surface area contributed by atoms with Crippen LogP contribution in [-0.2, 0) is 15.5 Å². The van der Waals surface area contributed by atoms with Crippen LogP contribution in [-0.4, -0.2) is 18.2 Å². The Balaban J connectivity index is 2.49. The minimum Gasteiger partial charge on any atom is -0.249 e. The maximum Gasteiger partial charge on any atom is 0.266 e. The van der Waals surface area contributed by atoms with Gasteiger partial charge in [-0.25, -0.2) is 13.1 Å². The molecule has 0 saturated heterocycles. The first kappa shape index (κ1) is 14.2. The normalized spacial score (nSPS) is 18.0. The highest BCUT2D eigenvalue weighted by atomic mass is 35.7. The molecule has 1 atom stereocenters. The fourth-order valence-corrected chi connectivity index (χ4v) is 4.06. The maximum atomic E-state index is 11.6. The summed E-state index contributed by atoms with van der Waals surface area (Å²) in [6, 6.07) is 0.125. The van der Waals surface area contributed by atoms with E-state index >= 15 is 0 Å². The van der Waals surface area contributed by atoms with Crippen molar-refractivity contribution in [2.75, 3.05) is 0 Å². The standard InChI is InChI=1S/C11H16Cl2N2O2S/c1-3-4-9-10(18(13,16)17)11(12)15(14-9)7(2)8-5-6-8/h7-8H,3-6H2,1-2H3. The molecule has 4 nitrogen and oxygen atoms in total. The molecular weight excluding hydrogens is 295 g/mol. The highest BCUT2D eigenvalue weighted by Gasteiger charge is 2.34. The van der Waals surface area contributed by atoms with Crippen molar-refractivity contribution in [2.45, 2.75) is 50.5 Å². The van der Waals surface area contributed by atoms with Crippen molar-refractivity contribution in [3.63, 3.8) is 0 Å². The van der Waals surface area contributed by atoms with Crippen LogP contribution in [0, 0.1) is 5.92 Å². The second kappa shape index (κ2) is 5.02. The Morgan fingerprint density at radius 2 is 2.11 bits per heavy atom. The van der Waals surface area contributed by atoms with Crippen molar-refractivity contribution in [3.8, 4) is 0 Å². The second-order valence-corrected chi connectivity index (χ2v) is 7.64. The Kier molecular flexibility index (Phi) is 3.95. The summed E-state index contributed by atoms with van der Waals surface area (Å²) in [4.78, 5) is -0.0137. The van der Waals surface area contributed by atoms with Gasteiger partial charge in [-0.15, -0.1) is 0 Å². The molecule has 0 spiro atoms. The van der Waals surface area contributed by atoms with Gasteiger partial charge >= 0.3 is 0 Å². The van der Waals surface area contributed by atoms with E-state index in [2.05, 4.69) is 5.10 Å². The monoisotopic (exact) mass is 310 g/mol. The van der Waals surface area contributed by atoms with Gasteiger partial charge in [0, 0.05) is 10.7 Å². The van der Waals surface area contributed by atoms with Crippen LogP contribution in [0.15, 0.2) is 4.90 Å². The molecule has 0 radical (unpaired) electrons. The molecule has 0 aromatic carbocycles. The Hall–Kier alpha value is -0.260. The average Bonchev–Trinajstić information content (AvgIpc) is 3.02. The predicted molar refractivity (Wildman–Crippen MR) is 71.7 cm³/mol. The van der Waals surface area contributed by atoms with Crippen molar-refractivity contribution in [1.29, 1.82) is 0 Å². The number of aryl methyl sites for hydroxylation is 1. The summed E-state index contributed by atoms with van der Waals surface area (Å²) < 4.78 is 24.8. The van der Waals surface area contributed by atoms with E-state index in [9.17, 15) is 8.42 Å². The minimum atomic E-state index is -3.85. The van der Waals surface area contributed by atoms with Gasteiger partial charge in [-0.2, -0.15) is 5.10 Å². The summed E-state index contributed by atoms with van der Waals surface area (Å²) in [5.74, 6) is 0.544. The van der Waals surface area contributed by atoms with E-state index in [1.165, 1.54) is 0 Å². The van der Waals surface area contributed by atoms with Gasteiger partial charge in [0.15, 0.2) is 0 Å². The largest absolute Gasteiger partial charge is 0.266 e. The SMILES string of the molecule is CCCc1nn(C(C)C2CC2)c(Cl)c1S(=O)(=O)Cl. The zero-order valence-electron chi connectivity index (χ0n) is 10.4. The lowest BCUT2D eigenvalue weighted by Crippen LogP contribution is -2.09. The van der Waals surface area contributed by atoms with Gasteiger partial charge < -0.3 is 0 Å². The van der Waals surface area contributed by atoms with Crippen molar-refractivity contribution < 1.29 is 8.42 Å². The van der Waals surface area contributed by atoms with Gasteiger partial charge in [-0.05, 0) is 32.1 Å². The van der Waals surface area contributed by atoms with Crippen molar-refractivity contribution in [3.05, 3.63) is 10.8 Å². The maximum absolute atomic E-state index is 11.6. The van der Waals surface area contributed by atoms with Gasteiger partial charge in [-0.1, -0.05) is 24.9 Å². The molecule has 1 aliphatic carbocycles. The molecule has 0 amide bonds. The lowest BCUT2D eigenvalue weighted by Gasteiger charge is -2.11. The predicted octanol–water partition coefficient (Wildman–Crippen LogP) is 3.39. The zero-order valence-corrected chi connectivity index (χ0v) is 12.7. The number of rotatable bonds is 5. The summed E-state index contributed by atoms with van der Waals surface area (Å²) in [5.41, 5.74) is 0.477. The highest BCUT2D eigenvalue weighted by Crippen LogP contribution is 2.42. The summed E-state index contributed by atoms with van der Waals surface area (Å²) in [6.07, 6.45) is 3.64. The molecule has 7 heteroatoms. The molecular formula is C11H16Cl2N2O2S. The molecule has 0 bridgehead atoms. The lowest BCUT2D eigenvalue weighted by atomic mass is 10.2. The second-order valence-electron chi connectivity index (χ2n) is 4.78. The first-order valence-corrected chi connectivity index (χ1v) is 8.76. The van der Waals surface area contributed by atoms with Crippen LogP contribution in [0.2, 0.25) is 5.15 Å². The number of aromatic nitrogens is 2. The van der Waals surface area contributed by atoms with Crippen molar-refractivity contribution >= 4 is 31.3 Å². The molecule has 102 valence electrons. The summed E-state index contributed by atoms with van der Waals surface area (Å²) in [6.45, 7) is 3.97. The zero-order chi connectivity index (χ0) is 13.5. The van der Waals surface area contributed by atoms with Crippen LogP contribution in [0.3, 0.4) is 0 Å². The molecule has 1 aromatic rings. The number of hydrogen-bond acceptors (Lipinski definition) is 3. The molecule has 0 aliphatic heterocycles. The molecule has 1 aromatic heterocycles. The molecule has 1 heterocycles. The van der Waals surface area contributed by atoms with E-state index in [0.717, 1.165) is 19.3 Å². The van der Waals surface area contributed by atoms with Crippen LogP contribution in [0.1, 0.15) is 44.8 Å². The van der Waals surface area contributed by atoms with E-state index < -0.39 is 9.05 Å². The van der Waals surface area contributed by atoms with E-state index in [1.54, 1.807) is 4.68 Å². The fourth-order valence-electron chi connectivity index (χ4n) is 2.13. The summed E-state index contributed by atoms with van der Waals surface area (Å²) in [5, 5.41) is 4.49. The highest BCUT2D eigenvalue weighted by molar-refractivity contribution is 8.13. The quantitative estimate of drug-likeness (QED) is 0.783. The van der Waals surface area contributed by atoms with E-state index in [-0.39, 0.29) is 16.1 Å². The molecule has 0 N–H and O–H groups in total. The Bertz CT molecular complexity index is 550. The molecule has 1 fully saturated rings. The Labute approximate surface area is 117 Å². The first-order chi connectivity index (χ1) is 8.36. The molecule has 1 aliphatic rings. The Morgan fingerprint density at radius 3 is 2.56 bits per heavy atom. The van der Waals surface area contributed by atoms with Gasteiger partial charge in [0.05, 0.1) is 11.7 Å². The average molecular weight is 311 g/mol. The number of halogens is 2.